The fraction of sp³-hybridized carbons (Fsp3) is 0.294. The van der Waals surface area contributed by atoms with Crippen LogP contribution in [-0.4, -0.2) is 23.4 Å². The number of hydrogen-bond acceptors (Lipinski definition) is 4. The van der Waals surface area contributed by atoms with Gasteiger partial charge in [-0.15, -0.1) is 11.3 Å². The largest absolute Gasteiger partial charge is 0.325 e. The van der Waals surface area contributed by atoms with Crippen LogP contribution in [0.25, 0.3) is 0 Å². The summed E-state index contributed by atoms with van der Waals surface area (Å²) < 4.78 is 0. The third-order valence-corrected chi connectivity index (χ3v) is 4.39. The molecule has 0 aliphatic heterocycles. The molecule has 114 valence electrons. The van der Waals surface area contributed by atoms with Gasteiger partial charge >= 0.3 is 0 Å². The molecule has 1 aromatic carbocycles. The maximum absolute atomic E-state index is 12.4. The van der Waals surface area contributed by atoms with Crippen LogP contribution in [0.4, 0.5) is 5.69 Å². The van der Waals surface area contributed by atoms with Crippen molar-refractivity contribution in [2.75, 3.05) is 11.9 Å². The highest BCUT2D eigenvalue weighted by atomic mass is 32.1. The molecule has 1 amide bonds. The molecule has 0 spiro atoms. The lowest BCUT2D eigenvalue weighted by Crippen LogP contribution is -2.41. The van der Waals surface area contributed by atoms with E-state index in [1.807, 2.05) is 25.3 Å². The van der Waals surface area contributed by atoms with Crippen molar-refractivity contribution in [3.63, 3.8) is 0 Å². The van der Waals surface area contributed by atoms with Gasteiger partial charge in [0.1, 0.15) is 0 Å². The minimum absolute atomic E-state index is 0.0616. The third-order valence-electron chi connectivity index (χ3n) is 3.53. The standard InChI is InChI=1S/C17H19N3OS/c1-3-20(12-16-8-5-9-22-16)13(2)17(21)19-15-7-4-6-14(10-15)11-18/h4-10,13H,3,12H2,1-2H3,(H,19,21)/t13-/m1/s1. The molecular formula is C17H19N3OS. The molecule has 1 atom stereocenters. The van der Waals surface area contributed by atoms with Crippen LogP contribution in [0, 0.1) is 11.3 Å². The Hall–Kier alpha value is -2.16. The van der Waals surface area contributed by atoms with Crippen molar-refractivity contribution in [3.05, 3.63) is 52.2 Å². The summed E-state index contributed by atoms with van der Waals surface area (Å²) in [4.78, 5) is 15.8. The summed E-state index contributed by atoms with van der Waals surface area (Å²) in [5.41, 5.74) is 1.19. The first kappa shape index (κ1) is 16.2. The van der Waals surface area contributed by atoms with Crippen molar-refractivity contribution in [2.45, 2.75) is 26.4 Å². The Morgan fingerprint density at radius 1 is 1.41 bits per heavy atom. The van der Waals surface area contributed by atoms with Crippen LogP contribution < -0.4 is 5.32 Å². The first-order valence-corrected chi connectivity index (χ1v) is 8.09. The molecule has 0 unspecified atom stereocenters. The molecule has 0 aliphatic rings. The topological polar surface area (TPSA) is 56.1 Å². The number of anilines is 1. The minimum atomic E-state index is -0.238. The summed E-state index contributed by atoms with van der Waals surface area (Å²) >= 11 is 1.70. The molecule has 0 saturated heterocycles. The molecule has 1 N–H and O–H groups in total. The van der Waals surface area contributed by atoms with E-state index in [0.717, 1.165) is 13.1 Å². The van der Waals surface area contributed by atoms with Crippen LogP contribution >= 0.6 is 11.3 Å². The second-order valence-electron chi connectivity index (χ2n) is 5.00. The van der Waals surface area contributed by atoms with E-state index in [1.165, 1.54) is 4.88 Å². The van der Waals surface area contributed by atoms with Crippen LogP contribution in [0.3, 0.4) is 0 Å². The lowest BCUT2D eigenvalue weighted by Gasteiger charge is -2.26. The fourth-order valence-corrected chi connectivity index (χ4v) is 2.93. The number of benzene rings is 1. The Labute approximate surface area is 135 Å². The van der Waals surface area contributed by atoms with Gasteiger partial charge in [-0.05, 0) is 43.1 Å². The first-order chi connectivity index (χ1) is 10.6. The molecular weight excluding hydrogens is 294 g/mol. The number of nitrogens with zero attached hydrogens (tertiary/aromatic N) is 2. The highest BCUT2D eigenvalue weighted by molar-refractivity contribution is 7.09. The van der Waals surface area contributed by atoms with Gasteiger partial charge in [-0.1, -0.05) is 19.1 Å². The number of thiophene rings is 1. The van der Waals surface area contributed by atoms with Crippen LogP contribution in [0.5, 0.6) is 0 Å². The Morgan fingerprint density at radius 3 is 2.86 bits per heavy atom. The average Bonchev–Trinajstić information content (AvgIpc) is 3.05. The molecule has 0 radical (unpaired) electrons. The van der Waals surface area contributed by atoms with E-state index in [2.05, 4.69) is 22.4 Å². The van der Waals surface area contributed by atoms with Gasteiger partial charge in [0.05, 0.1) is 17.7 Å². The van der Waals surface area contributed by atoms with E-state index in [4.69, 9.17) is 5.26 Å². The van der Waals surface area contributed by atoms with Crippen molar-refractivity contribution in [3.8, 4) is 6.07 Å². The quantitative estimate of drug-likeness (QED) is 0.888. The Morgan fingerprint density at radius 2 is 2.23 bits per heavy atom. The Kier molecular flexibility index (Phi) is 5.70. The van der Waals surface area contributed by atoms with Gasteiger partial charge in [0.2, 0.25) is 5.91 Å². The van der Waals surface area contributed by atoms with Crippen molar-refractivity contribution in [1.29, 1.82) is 5.26 Å². The molecule has 5 heteroatoms. The van der Waals surface area contributed by atoms with Crippen LogP contribution in [0.15, 0.2) is 41.8 Å². The molecule has 4 nitrogen and oxygen atoms in total. The molecule has 22 heavy (non-hydrogen) atoms. The molecule has 1 aromatic heterocycles. The number of amides is 1. The molecule has 1 heterocycles. The number of carbonyl (C=O) groups is 1. The summed E-state index contributed by atoms with van der Waals surface area (Å²) in [6.45, 7) is 5.51. The van der Waals surface area contributed by atoms with Crippen LogP contribution in [-0.2, 0) is 11.3 Å². The van der Waals surface area contributed by atoms with Crippen molar-refractivity contribution in [1.82, 2.24) is 4.90 Å². The molecule has 0 bridgehead atoms. The number of nitrogens with one attached hydrogen (secondary N) is 1. The van der Waals surface area contributed by atoms with Crippen LogP contribution in [0.1, 0.15) is 24.3 Å². The van der Waals surface area contributed by atoms with E-state index in [-0.39, 0.29) is 11.9 Å². The summed E-state index contributed by atoms with van der Waals surface area (Å²) in [6, 6.07) is 12.9. The zero-order valence-electron chi connectivity index (χ0n) is 12.7. The summed E-state index contributed by atoms with van der Waals surface area (Å²) in [5, 5.41) is 13.8. The van der Waals surface area contributed by atoms with Gasteiger partial charge in [0.15, 0.2) is 0 Å². The number of nitriles is 1. The van der Waals surface area contributed by atoms with E-state index in [1.54, 1.807) is 35.6 Å². The lowest BCUT2D eigenvalue weighted by atomic mass is 10.2. The second kappa shape index (κ2) is 7.74. The van der Waals surface area contributed by atoms with Gasteiger partial charge in [-0.2, -0.15) is 5.26 Å². The van der Waals surface area contributed by atoms with Gasteiger partial charge < -0.3 is 5.32 Å². The number of hydrogen-bond donors (Lipinski definition) is 1. The van der Waals surface area contributed by atoms with E-state index in [9.17, 15) is 4.79 Å². The molecule has 0 aliphatic carbocycles. The summed E-state index contributed by atoms with van der Waals surface area (Å²) in [7, 11) is 0. The molecule has 2 aromatic rings. The predicted molar refractivity (Wildman–Crippen MR) is 89.7 cm³/mol. The normalized spacial score (nSPS) is 11.9. The van der Waals surface area contributed by atoms with E-state index < -0.39 is 0 Å². The lowest BCUT2D eigenvalue weighted by molar-refractivity contribution is -0.120. The zero-order chi connectivity index (χ0) is 15.9. The minimum Gasteiger partial charge on any atom is -0.325 e. The van der Waals surface area contributed by atoms with Crippen molar-refractivity contribution < 1.29 is 4.79 Å². The van der Waals surface area contributed by atoms with Gasteiger partial charge in [-0.25, -0.2) is 0 Å². The first-order valence-electron chi connectivity index (χ1n) is 7.21. The van der Waals surface area contributed by atoms with Gasteiger partial charge in [0, 0.05) is 17.1 Å². The highest BCUT2D eigenvalue weighted by Gasteiger charge is 2.20. The van der Waals surface area contributed by atoms with E-state index >= 15 is 0 Å². The SMILES string of the molecule is CCN(Cc1cccs1)[C@H](C)C(=O)Nc1cccc(C#N)c1. The van der Waals surface area contributed by atoms with Crippen molar-refractivity contribution >= 4 is 22.9 Å². The predicted octanol–water partition coefficient (Wildman–Crippen LogP) is 3.47. The Bertz CT molecular complexity index is 661. The maximum atomic E-state index is 12.4. The zero-order valence-corrected chi connectivity index (χ0v) is 13.6. The third kappa shape index (κ3) is 4.17. The van der Waals surface area contributed by atoms with Gasteiger partial charge in [-0.3, -0.25) is 9.69 Å². The number of carbonyl (C=O) groups excluding carboxylic acids is 1. The smallest absolute Gasteiger partial charge is 0.241 e. The maximum Gasteiger partial charge on any atom is 0.241 e. The van der Waals surface area contributed by atoms with Crippen molar-refractivity contribution in [2.24, 2.45) is 0 Å². The van der Waals surface area contributed by atoms with Crippen LogP contribution in [0.2, 0.25) is 0 Å². The Balaban J connectivity index is 2.02. The average molecular weight is 313 g/mol. The molecule has 0 saturated carbocycles. The summed E-state index contributed by atoms with van der Waals surface area (Å²) in [5.74, 6) is -0.0616. The monoisotopic (exact) mass is 313 g/mol. The molecule has 2 rings (SSSR count). The summed E-state index contributed by atoms with van der Waals surface area (Å²) in [6.07, 6.45) is 0. The second-order valence-corrected chi connectivity index (χ2v) is 6.03. The fourth-order valence-electron chi connectivity index (χ4n) is 2.20. The highest BCUT2D eigenvalue weighted by Crippen LogP contribution is 2.15. The molecule has 0 fully saturated rings. The van der Waals surface area contributed by atoms with E-state index in [0.29, 0.717) is 11.3 Å². The van der Waals surface area contributed by atoms with Gasteiger partial charge in [0.25, 0.3) is 0 Å². The number of likely N-dealkylation sites (N-methyl/N-ethyl adjacent to an activating group) is 1. The number of rotatable bonds is 6.